The molecule has 0 atom stereocenters. The molecule has 6 heteroatoms. The Morgan fingerprint density at radius 1 is 1.18 bits per heavy atom. The van der Waals surface area contributed by atoms with Crippen LogP contribution in [0.15, 0.2) is 29.2 Å². The third kappa shape index (κ3) is 4.69. The minimum atomic E-state index is -3.49. The molecule has 0 amide bonds. The van der Waals surface area contributed by atoms with Gasteiger partial charge in [0.1, 0.15) is 0 Å². The summed E-state index contributed by atoms with van der Waals surface area (Å²) in [7, 11) is -3.49. The summed E-state index contributed by atoms with van der Waals surface area (Å²) in [4.78, 5) is 0.328. The first-order chi connectivity index (χ1) is 9.87. The van der Waals surface area contributed by atoms with E-state index in [9.17, 15) is 8.42 Å². The topological polar surface area (TPSA) is 72.2 Å². The van der Waals surface area contributed by atoms with Crippen molar-refractivity contribution in [1.29, 1.82) is 0 Å². The zero-order valence-corrected chi connectivity index (χ0v) is 15.0. The number of rotatable bonds is 6. The van der Waals surface area contributed by atoms with Crippen molar-refractivity contribution in [3.8, 4) is 0 Å². The number of benzene rings is 1. The standard InChI is InChI=1S/C16H26N2O2S.ClH/c1-13(2)11-14-5-7-15(8-6-14)21(19,20)18-16(12-17)9-3-4-10-16;/h5-8,13,18H,3-4,9-12,17H2,1-2H3;1H. The second kappa shape index (κ2) is 7.77. The minimum Gasteiger partial charge on any atom is -0.329 e. The van der Waals surface area contributed by atoms with Crippen molar-refractivity contribution in [2.24, 2.45) is 11.7 Å². The van der Waals surface area contributed by atoms with Gasteiger partial charge in [-0.05, 0) is 42.9 Å². The van der Waals surface area contributed by atoms with Gasteiger partial charge in [0.25, 0.3) is 0 Å². The molecule has 0 heterocycles. The monoisotopic (exact) mass is 346 g/mol. The largest absolute Gasteiger partial charge is 0.329 e. The van der Waals surface area contributed by atoms with Crippen molar-refractivity contribution in [1.82, 2.24) is 4.72 Å². The van der Waals surface area contributed by atoms with Crippen LogP contribution in [0, 0.1) is 5.92 Å². The molecule has 4 nitrogen and oxygen atoms in total. The molecule has 1 fully saturated rings. The van der Waals surface area contributed by atoms with Gasteiger partial charge in [-0.3, -0.25) is 0 Å². The van der Waals surface area contributed by atoms with Crippen LogP contribution < -0.4 is 10.5 Å². The molecule has 1 aliphatic carbocycles. The van der Waals surface area contributed by atoms with E-state index in [1.54, 1.807) is 12.1 Å². The lowest BCUT2D eigenvalue weighted by molar-refractivity contribution is 0.399. The lowest BCUT2D eigenvalue weighted by Crippen LogP contribution is -2.51. The smallest absolute Gasteiger partial charge is 0.241 e. The zero-order chi connectivity index (χ0) is 15.5. The molecule has 0 unspecified atom stereocenters. The van der Waals surface area contributed by atoms with Crippen molar-refractivity contribution >= 4 is 22.4 Å². The van der Waals surface area contributed by atoms with Crippen molar-refractivity contribution in [3.63, 3.8) is 0 Å². The van der Waals surface area contributed by atoms with Crippen LogP contribution in [0.2, 0.25) is 0 Å². The number of halogens is 1. The molecule has 2 rings (SSSR count). The van der Waals surface area contributed by atoms with Gasteiger partial charge in [0.2, 0.25) is 10.0 Å². The summed E-state index contributed by atoms with van der Waals surface area (Å²) in [5.41, 5.74) is 6.52. The Balaban J connectivity index is 0.00000242. The van der Waals surface area contributed by atoms with E-state index in [1.165, 1.54) is 5.56 Å². The molecule has 0 spiro atoms. The fraction of sp³-hybridized carbons (Fsp3) is 0.625. The highest BCUT2D eigenvalue weighted by Crippen LogP contribution is 2.30. The summed E-state index contributed by atoms with van der Waals surface area (Å²) in [5.74, 6) is 0.560. The third-order valence-electron chi connectivity index (χ3n) is 4.18. The van der Waals surface area contributed by atoms with Crippen molar-refractivity contribution in [2.75, 3.05) is 6.54 Å². The molecule has 0 aliphatic heterocycles. The number of hydrogen-bond donors (Lipinski definition) is 2. The predicted octanol–water partition coefficient (Wildman–Crippen LogP) is 2.86. The molecule has 1 aromatic carbocycles. The van der Waals surface area contributed by atoms with Crippen LogP contribution in [-0.2, 0) is 16.4 Å². The van der Waals surface area contributed by atoms with E-state index in [0.29, 0.717) is 17.4 Å². The quantitative estimate of drug-likeness (QED) is 0.831. The van der Waals surface area contributed by atoms with E-state index in [-0.39, 0.29) is 12.4 Å². The van der Waals surface area contributed by atoms with Crippen LogP contribution in [-0.4, -0.2) is 20.5 Å². The normalized spacial score (nSPS) is 17.5. The van der Waals surface area contributed by atoms with Crippen molar-refractivity contribution < 1.29 is 8.42 Å². The molecule has 126 valence electrons. The van der Waals surface area contributed by atoms with Gasteiger partial charge < -0.3 is 5.73 Å². The van der Waals surface area contributed by atoms with E-state index in [1.807, 2.05) is 12.1 Å². The highest BCUT2D eigenvalue weighted by Gasteiger charge is 2.36. The van der Waals surface area contributed by atoms with Gasteiger partial charge in [-0.1, -0.05) is 38.8 Å². The fourth-order valence-corrected chi connectivity index (χ4v) is 4.49. The van der Waals surface area contributed by atoms with Crippen LogP contribution in [0.5, 0.6) is 0 Å². The van der Waals surface area contributed by atoms with Crippen LogP contribution in [0.25, 0.3) is 0 Å². The SMILES string of the molecule is CC(C)Cc1ccc(S(=O)(=O)NC2(CN)CCCC2)cc1.Cl. The maximum Gasteiger partial charge on any atom is 0.241 e. The van der Waals surface area contributed by atoms with E-state index in [2.05, 4.69) is 18.6 Å². The van der Waals surface area contributed by atoms with E-state index in [4.69, 9.17) is 5.73 Å². The minimum absolute atomic E-state index is 0. The molecular weight excluding hydrogens is 320 g/mol. The maximum atomic E-state index is 12.5. The molecule has 1 aromatic rings. The Morgan fingerprint density at radius 3 is 2.18 bits per heavy atom. The lowest BCUT2D eigenvalue weighted by Gasteiger charge is -2.28. The maximum absolute atomic E-state index is 12.5. The number of sulfonamides is 1. The summed E-state index contributed by atoms with van der Waals surface area (Å²) >= 11 is 0. The first-order valence-corrected chi connectivity index (χ1v) is 9.18. The molecule has 0 bridgehead atoms. The van der Waals surface area contributed by atoms with Crippen LogP contribution >= 0.6 is 12.4 Å². The van der Waals surface area contributed by atoms with Crippen LogP contribution in [0.3, 0.4) is 0 Å². The molecular formula is C16H27ClN2O2S. The lowest BCUT2D eigenvalue weighted by atomic mass is 10.0. The van der Waals surface area contributed by atoms with Gasteiger partial charge in [-0.15, -0.1) is 12.4 Å². The van der Waals surface area contributed by atoms with Crippen molar-refractivity contribution in [3.05, 3.63) is 29.8 Å². The molecule has 0 radical (unpaired) electrons. The highest BCUT2D eigenvalue weighted by molar-refractivity contribution is 7.89. The summed E-state index contributed by atoms with van der Waals surface area (Å²) < 4.78 is 27.9. The second-order valence-corrected chi connectivity index (χ2v) is 8.22. The summed E-state index contributed by atoms with van der Waals surface area (Å²) in [6.45, 7) is 4.66. The number of nitrogens with two attached hydrogens (primary N) is 1. The molecule has 0 saturated heterocycles. The summed E-state index contributed by atoms with van der Waals surface area (Å²) in [6, 6.07) is 7.19. The average Bonchev–Trinajstić information content (AvgIpc) is 2.87. The first kappa shape index (κ1) is 19.4. The van der Waals surface area contributed by atoms with Gasteiger partial charge in [0.05, 0.1) is 4.90 Å². The van der Waals surface area contributed by atoms with Gasteiger partial charge in [0, 0.05) is 12.1 Å². The molecule has 22 heavy (non-hydrogen) atoms. The zero-order valence-electron chi connectivity index (χ0n) is 13.3. The van der Waals surface area contributed by atoms with Crippen LogP contribution in [0.4, 0.5) is 0 Å². The first-order valence-electron chi connectivity index (χ1n) is 7.70. The van der Waals surface area contributed by atoms with Crippen molar-refractivity contribution in [2.45, 2.75) is 56.4 Å². The summed E-state index contributed by atoms with van der Waals surface area (Å²) in [5, 5.41) is 0. The molecule has 1 aliphatic rings. The molecule has 1 saturated carbocycles. The Labute approximate surface area is 140 Å². The number of nitrogens with one attached hydrogen (secondary N) is 1. The third-order valence-corrected chi connectivity index (χ3v) is 5.77. The van der Waals surface area contributed by atoms with Crippen LogP contribution in [0.1, 0.15) is 45.1 Å². The second-order valence-electron chi connectivity index (χ2n) is 6.54. The molecule has 0 aromatic heterocycles. The fourth-order valence-electron chi connectivity index (χ4n) is 3.02. The Kier molecular flexibility index (Phi) is 6.86. The predicted molar refractivity (Wildman–Crippen MR) is 92.8 cm³/mol. The number of hydrogen-bond acceptors (Lipinski definition) is 3. The van der Waals surface area contributed by atoms with Gasteiger partial charge in [0.15, 0.2) is 0 Å². The Bertz CT molecular complexity index is 564. The van der Waals surface area contributed by atoms with Gasteiger partial charge >= 0.3 is 0 Å². The average molecular weight is 347 g/mol. The Hall–Kier alpha value is -0.620. The highest BCUT2D eigenvalue weighted by atomic mass is 35.5. The summed E-state index contributed by atoms with van der Waals surface area (Å²) in [6.07, 6.45) is 4.68. The van der Waals surface area contributed by atoms with Gasteiger partial charge in [-0.25, -0.2) is 13.1 Å². The van der Waals surface area contributed by atoms with E-state index < -0.39 is 15.6 Å². The molecule has 3 N–H and O–H groups in total. The van der Waals surface area contributed by atoms with Gasteiger partial charge in [-0.2, -0.15) is 0 Å². The Morgan fingerprint density at radius 2 is 1.73 bits per heavy atom. The van der Waals surface area contributed by atoms with E-state index in [0.717, 1.165) is 32.1 Å². The van der Waals surface area contributed by atoms with E-state index >= 15 is 0 Å².